The van der Waals surface area contributed by atoms with Crippen molar-refractivity contribution in [2.45, 2.75) is 69.9 Å². The van der Waals surface area contributed by atoms with E-state index >= 15 is 0 Å². The summed E-state index contributed by atoms with van der Waals surface area (Å²) in [6.07, 6.45) is 3.81. The van der Waals surface area contributed by atoms with Crippen molar-refractivity contribution in [1.82, 2.24) is 14.6 Å². The molecule has 3 heterocycles. The normalized spacial score (nSPS) is 29.1. The number of nitrogens with zero attached hydrogens (tertiary/aromatic N) is 3. The predicted octanol–water partition coefficient (Wildman–Crippen LogP) is 1.65. The third-order valence-corrected chi connectivity index (χ3v) is 6.03. The molecule has 1 aliphatic rings. The molecule has 0 aliphatic carbocycles. The first-order valence-electron chi connectivity index (χ1n) is 10.7. The predicted molar refractivity (Wildman–Crippen MR) is 112 cm³/mol. The Bertz CT molecular complexity index is 831. The van der Waals surface area contributed by atoms with Crippen LogP contribution in [0.3, 0.4) is 0 Å². The number of ether oxygens (including phenoxy) is 3. The molecule has 0 spiro atoms. The Hall–Kier alpha value is -1.78. The zero-order valence-corrected chi connectivity index (χ0v) is 18.1. The van der Waals surface area contributed by atoms with E-state index in [0.717, 1.165) is 25.7 Å². The van der Waals surface area contributed by atoms with Crippen LogP contribution < -0.4 is 5.73 Å². The maximum atomic E-state index is 10.7. The SMILES string of the molecule is CCCCO[C@@H]1[C@@H](CO)O[C@@](CO)(c2ccc3c(N)ncnn23)[C@]1(C)OCCCC. The van der Waals surface area contributed by atoms with Crippen LogP contribution in [0, 0.1) is 0 Å². The minimum atomic E-state index is -1.31. The van der Waals surface area contributed by atoms with E-state index < -0.39 is 23.4 Å². The van der Waals surface area contributed by atoms with Crippen molar-refractivity contribution in [1.29, 1.82) is 0 Å². The molecule has 2 aromatic rings. The van der Waals surface area contributed by atoms with Crippen LogP contribution in [-0.4, -0.2) is 69.0 Å². The number of unbranched alkanes of at least 4 members (excludes halogenated alkanes) is 2. The van der Waals surface area contributed by atoms with Gasteiger partial charge in [0.2, 0.25) is 0 Å². The van der Waals surface area contributed by atoms with Gasteiger partial charge in [-0.3, -0.25) is 0 Å². The highest BCUT2D eigenvalue weighted by Crippen LogP contribution is 2.50. The van der Waals surface area contributed by atoms with E-state index in [1.165, 1.54) is 6.33 Å². The lowest BCUT2D eigenvalue weighted by molar-refractivity contribution is -0.197. The van der Waals surface area contributed by atoms with E-state index in [2.05, 4.69) is 23.9 Å². The molecule has 0 saturated carbocycles. The largest absolute Gasteiger partial charge is 0.394 e. The second kappa shape index (κ2) is 9.57. The van der Waals surface area contributed by atoms with E-state index in [0.29, 0.717) is 30.2 Å². The lowest BCUT2D eigenvalue weighted by Crippen LogP contribution is -2.57. The zero-order valence-electron chi connectivity index (χ0n) is 18.1. The molecule has 4 N–H and O–H groups in total. The fourth-order valence-electron chi connectivity index (χ4n) is 4.25. The summed E-state index contributed by atoms with van der Waals surface area (Å²) in [5.41, 5.74) is 4.82. The highest BCUT2D eigenvalue weighted by Gasteiger charge is 2.66. The van der Waals surface area contributed by atoms with Crippen molar-refractivity contribution < 1.29 is 24.4 Å². The molecule has 9 nitrogen and oxygen atoms in total. The third-order valence-electron chi connectivity index (χ3n) is 6.03. The molecule has 30 heavy (non-hydrogen) atoms. The van der Waals surface area contributed by atoms with E-state index in [9.17, 15) is 10.2 Å². The molecule has 4 atom stereocenters. The fourth-order valence-corrected chi connectivity index (χ4v) is 4.25. The van der Waals surface area contributed by atoms with Crippen molar-refractivity contribution in [2.75, 3.05) is 32.2 Å². The Morgan fingerprint density at radius 1 is 1.20 bits per heavy atom. The lowest BCUT2D eigenvalue weighted by Gasteiger charge is -2.42. The van der Waals surface area contributed by atoms with Crippen LogP contribution in [0.1, 0.15) is 52.1 Å². The summed E-state index contributed by atoms with van der Waals surface area (Å²) in [7, 11) is 0. The van der Waals surface area contributed by atoms with Gasteiger partial charge in [-0.1, -0.05) is 26.7 Å². The van der Waals surface area contributed by atoms with Crippen LogP contribution in [0.5, 0.6) is 0 Å². The summed E-state index contributed by atoms with van der Waals surface area (Å²) in [5.74, 6) is 0.324. The number of anilines is 1. The van der Waals surface area contributed by atoms with E-state index in [4.69, 9.17) is 19.9 Å². The van der Waals surface area contributed by atoms with E-state index in [-0.39, 0.29) is 13.2 Å². The number of rotatable bonds is 11. The molecule has 1 fully saturated rings. The van der Waals surface area contributed by atoms with E-state index in [1.807, 2.05) is 6.92 Å². The first kappa shape index (κ1) is 22.9. The summed E-state index contributed by atoms with van der Waals surface area (Å²) >= 11 is 0. The third kappa shape index (κ3) is 3.69. The Balaban J connectivity index is 2.12. The standard InChI is InChI=1S/C21H34N4O5/c1-4-6-10-28-18-16(12-26)30-21(13-27,20(18,3)29-11-7-5-2)17-9-8-15-19(22)23-14-24-25(15)17/h8-9,14,16,18,26-27H,4-7,10-13H2,1-3H3,(H2,22,23,24)/t16-,18-,20-,21+/m1/s1. The molecule has 9 heteroatoms. The summed E-state index contributed by atoms with van der Waals surface area (Å²) in [4.78, 5) is 4.04. The molecule has 0 radical (unpaired) electrons. The monoisotopic (exact) mass is 422 g/mol. The van der Waals surface area contributed by atoms with Crippen molar-refractivity contribution in [3.05, 3.63) is 24.2 Å². The second-order valence-electron chi connectivity index (χ2n) is 7.94. The van der Waals surface area contributed by atoms with Crippen molar-refractivity contribution >= 4 is 11.3 Å². The summed E-state index contributed by atoms with van der Waals surface area (Å²) in [6, 6.07) is 3.60. The number of aliphatic hydroxyl groups excluding tert-OH is 2. The fraction of sp³-hybridized carbons (Fsp3) is 0.714. The molecule has 0 unspecified atom stereocenters. The maximum Gasteiger partial charge on any atom is 0.164 e. The van der Waals surface area contributed by atoms with Gasteiger partial charge in [-0.15, -0.1) is 0 Å². The molecule has 1 saturated heterocycles. The number of hydrogen-bond donors (Lipinski definition) is 3. The Morgan fingerprint density at radius 3 is 2.60 bits per heavy atom. The molecule has 0 aromatic carbocycles. The van der Waals surface area contributed by atoms with E-state index in [1.54, 1.807) is 16.6 Å². The molecule has 3 rings (SSSR count). The second-order valence-corrected chi connectivity index (χ2v) is 7.94. The topological polar surface area (TPSA) is 124 Å². The number of aromatic nitrogens is 3. The summed E-state index contributed by atoms with van der Waals surface area (Å²) in [6.45, 7) is 6.41. The molecule has 0 bridgehead atoms. The highest BCUT2D eigenvalue weighted by atomic mass is 16.6. The van der Waals surface area contributed by atoms with Crippen molar-refractivity contribution in [3.8, 4) is 0 Å². The number of nitrogens with two attached hydrogens (primary N) is 1. The van der Waals surface area contributed by atoms with Crippen molar-refractivity contribution in [3.63, 3.8) is 0 Å². The average molecular weight is 423 g/mol. The number of hydrogen-bond acceptors (Lipinski definition) is 8. The van der Waals surface area contributed by atoms with Crippen LogP contribution in [0.2, 0.25) is 0 Å². The van der Waals surface area contributed by atoms with Crippen LogP contribution in [-0.2, 0) is 19.8 Å². The Morgan fingerprint density at radius 2 is 1.93 bits per heavy atom. The minimum Gasteiger partial charge on any atom is -0.394 e. The summed E-state index contributed by atoms with van der Waals surface area (Å²) < 4.78 is 20.6. The number of fused-ring (bicyclic) bond motifs is 1. The Kier molecular flexibility index (Phi) is 7.30. The lowest BCUT2D eigenvalue weighted by atomic mass is 9.79. The van der Waals surface area contributed by atoms with Gasteiger partial charge in [-0.25, -0.2) is 9.50 Å². The zero-order chi connectivity index (χ0) is 21.8. The smallest absolute Gasteiger partial charge is 0.164 e. The van der Waals surface area contributed by atoms with Gasteiger partial charge in [0.25, 0.3) is 0 Å². The Labute approximate surface area is 177 Å². The van der Waals surface area contributed by atoms with Crippen LogP contribution >= 0.6 is 0 Å². The molecule has 1 aliphatic heterocycles. The van der Waals surface area contributed by atoms with Gasteiger partial charge in [0.1, 0.15) is 29.7 Å². The summed E-state index contributed by atoms with van der Waals surface area (Å²) in [5, 5.41) is 25.1. The van der Waals surface area contributed by atoms with Crippen molar-refractivity contribution in [2.24, 2.45) is 0 Å². The molecular weight excluding hydrogens is 388 g/mol. The van der Waals surface area contributed by atoms with Gasteiger partial charge in [-0.05, 0) is 31.9 Å². The number of nitrogen functional groups attached to an aromatic ring is 1. The minimum absolute atomic E-state index is 0.258. The van der Waals surface area contributed by atoms with Gasteiger partial charge in [-0.2, -0.15) is 5.10 Å². The molecular formula is C21H34N4O5. The highest BCUT2D eigenvalue weighted by molar-refractivity contribution is 5.65. The molecule has 168 valence electrons. The van der Waals surface area contributed by atoms with Crippen LogP contribution in [0.4, 0.5) is 5.82 Å². The van der Waals surface area contributed by atoms with Gasteiger partial charge in [0.05, 0.1) is 18.9 Å². The van der Waals surface area contributed by atoms with Gasteiger partial charge >= 0.3 is 0 Å². The van der Waals surface area contributed by atoms with Gasteiger partial charge in [0.15, 0.2) is 11.4 Å². The first-order valence-corrected chi connectivity index (χ1v) is 10.7. The molecule has 2 aromatic heterocycles. The number of aliphatic hydroxyl groups is 2. The quantitative estimate of drug-likeness (QED) is 0.467. The van der Waals surface area contributed by atoms with Crippen LogP contribution in [0.25, 0.3) is 5.52 Å². The first-order chi connectivity index (χ1) is 14.5. The molecule has 0 amide bonds. The van der Waals surface area contributed by atoms with Gasteiger partial charge in [0, 0.05) is 13.2 Å². The maximum absolute atomic E-state index is 10.7. The average Bonchev–Trinajstić information content (AvgIpc) is 3.28. The van der Waals surface area contributed by atoms with Crippen LogP contribution in [0.15, 0.2) is 18.5 Å². The van der Waals surface area contributed by atoms with Gasteiger partial charge < -0.3 is 30.2 Å².